The molecule has 0 spiro atoms. The van der Waals surface area contributed by atoms with Crippen LogP contribution >= 0.6 is 0 Å². The summed E-state index contributed by atoms with van der Waals surface area (Å²) in [7, 11) is 3.97. The SMILES string of the molecule is COC(=O)c1ccccc1-c1cc(N(C(=O)OC(C)(C)C)c2ncc(C)c(OC)c2C)cc(-c2ccccc2C(=O)OC)c1F. The summed E-state index contributed by atoms with van der Waals surface area (Å²) >= 11 is 0. The van der Waals surface area contributed by atoms with Gasteiger partial charge >= 0.3 is 18.0 Å². The molecule has 4 aromatic rings. The van der Waals surface area contributed by atoms with Crippen molar-refractivity contribution in [3.05, 3.63) is 94.9 Å². The van der Waals surface area contributed by atoms with Gasteiger partial charge in [0.05, 0.1) is 38.1 Å². The van der Waals surface area contributed by atoms with Crippen molar-refractivity contribution in [2.75, 3.05) is 26.2 Å². The predicted octanol–water partition coefficient (Wildman–Crippen LogP) is 7.83. The Labute approximate surface area is 261 Å². The molecule has 0 saturated carbocycles. The van der Waals surface area contributed by atoms with Crippen LogP contribution in [0.2, 0.25) is 0 Å². The van der Waals surface area contributed by atoms with Crippen LogP contribution in [0.4, 0.5) is 20.7 Å². The van der Waals surface area contributed by atoms with Gasteiger partial charge < -0.3 is 18.9 Å². The lowest BCUT2D eigenvalue weighted by Gasteiger charge is -2.29. The number of ether oxygens (including phenoxy) is 4. The molecule has 0 N–H and O–H groups in total. The molecule has 0 aliphatic carbocycles. The first-order chi connectivity index (χ1) is 21.3. The summed E-state index contributed by atoms with van der Waals surface area (Å²) in [6.45, 7) is 8.73. The van der Waals surface area contributed by atoms with Gasteiger partial charge in [0.25, 0.3) is 0 Å². The van der Waals surface area contributed by atoms with Crippen LogP contribution in [0.5, 0.6) is 5.75 Å². The van der Waals surface area contributed by atoms with Gasteiger partial charge in [-0.3, -0.25) is 0 Å². The molecule has 4 rings (SSSR count). The fraction of sp³-hybridized carbons (Fsp3) is 0.257. The highest BCUT2D eigenvalue weighted by atomic mass is 19.1. The van der Waals surface area contributed by atoms with Crippen LogP contribution in [0.3, 0.4) is 0 Å². The lowest BCUT2D eigenvalue weighted by Crippen LogP contribution is -2.35. The zero-order valence-electron chi connectivity index (χ0n) is 26.5. The third-order valence-electron chi connectivity index (χ3n) is 6.97. The van der Waals surface area contributed by atoms with Gasteiger partial charge in [0.15, 0.2) is 0 Å². The second kappa shape index (κ2) is 13.2. The van der Waals surface area contributed by atoms with Crippen LogP contribution in [0, 0.1) is 19.7 Å². The maximum absolute atomic E-state index is 16.8. The summed E-state index contributed by atoms with van der Waals surface area (Å²) in [6.07, 6.45) is 0.762. The van der Waals surface area contributed by atoms with Gasteiger partial charge in [0.2, 0.25) is 0 Å². The quantitative estimate of drug-likeness (QED) is 0.153. The highest BCUT2D eigenvalue weighted by Crippen LogP contribution is 2.42. The van der Waals surface area contributed by atoms with Gasteiger partial charge in [0.1, 0.15) is 23.0 Å². The molecule has 0 unspecified atom stereocenters. The smallest absolute Gasteiger partial charge is 0.420 e. The number of amides is 1. The van der Waals surface area contributed by atoms with E-state index in [2.05, 4.69) is 4.98 Å². The molecule has 0 aliphatic rings. The Balaban J connectivity index is 2.16. The van der Waals surface area contributed by atoms with E-state index in [1.165, 1.54) is 50.5 Å². The molecule has 1 amide bonds. The molecule has 0 saturated heterocycles. The first-order valence-corrected chi connectivity index (χ1v) is 14.0. The minimum absolute atomic E-state index is 0.0338. The Morgan fingerprint density at radius 1 is 0.778 bits per heavy atom. The van der Waals surface area contributed by atoms with E-state index in [9.17, 15) is 14.4 Å². The van der Waals surface area contributed by atoms with Crippen LogP contribution in [0.1, 0.15) is 52.6 Å². The number of esters is 2. The summed E-state index contributed by atoms with van der Waals surface area (Å²) in [5, 5.41) is 0. The number of hydrogen-bond acceptors (Lipinski definition) is 8. The van der Waals surface area contributed by atoms with Crippen molar-refractivity contribution in [3.63, 3.8) is 0 Å². The molecule has 0 bridgehead atoms. The third-order valence-corrected chi connectivity index (χ3v) is 6.97. The summed E-state index contributed by atoms with van der Waals surface area (Å²) in [5.41, 5.74) is 1.04. The summed E-state index contributed by atoms with van der Waals surface area (Å²) in [4.78, 5) is 45.4. The molecule has 0 aliphatic heterocycles. The third kappa shape index (κ3) is 6.64. The van der Waals surface area contributed by atoms with E-state index >= 15 is 4.39 Å². The number of carbonyl (C=O) groups excluding carboxylic acids is 3. The van der Waals surface area contributed by atoms with Gasteiger partial charge in [-0.15, -0.1) is 0 Å². The number of aryl methyl sites for hydroxylation is 1. The summed E-state index contributed by atoms with van der Waals surface area (Å²) < 4.78 is 38.2. The number of benzene rings is 3. The van der Waals surface area contributed by atoms with Crippen LogP contribution in [-0.4, -0.2) is 49.9 Å². The molecular weight excluding hydrogens is 579 g/mol. The van der Waals surface area contributed by atoms with Crippen LogP contribution < -0.4 is 9.64 Å². The number of rotatable bonds is 7. The van der Waals surface area contributed by atoms with Crippen molar-refractivity contribution in [1.82, 2.24) is 4.98 Å². The molecule has 1 heterocycles. The minimum atomic E-state index is -0.904. The van der Waals surface area contributed by atoms with E-state index in [1.807, 2.05) is 6.92 Å². The Morgan fingerprint density at radius 3 is 1.71 bits per heavy atom. The Morgan fingerprint density at radius 2 is 1.27 bits per heavy atom. The minimum Gasteiger partial charge on any atom is -0.496 e. The van der Waals surface area contributed by atoms with Gasteiger partial charge in [-0.25, -0.2) is 28.7 Å². The van der Waals surface area contributed by atoms with E-state index in [0.29, 0.717) is 11.3 Å². The van der Waals surface area contributed by atoms with E-state index in [0.717, 1.165) is 5.56 Å². The molecule has 45 heavy (non-hydrogen) atoms. The first kappa shape index (κ1) is 32.7. The number of carbonyl (C=O) groups is 3. The van der Waals surface area contributed by atoms with Gasteiger partial charge in [-0.1, -0.05) is 36.4 Å². The fourth-order valence-corrected chi connectivity index (χ4v) is 5.01. The standard InChI is InChI=1S/C35H35FN2O7/c1-20-19-37-31(21(2)30(20)42-6)38(34(41)45-35(3,4)5)22-17-27(23-13-9-11-15-25(23)32(39)43-7)29(36)28(18-22)24-14-10-12-16-26(24)33(40)44-8/h9-19H,1-8H3. The Hall–Kier alpha value is -5.25. The maximum atomic E-state index is 16.8. The summed E-state index contributed by atoms with van der Waals surface area (Å²) in [5.74, 6) is -1.43. The Bertz CT molecular complexity index is 1700. The lowest BCUT2D eigenvalue weighted by atomic mass is 9.92. The molecule has 10 heteroatoms. The number of nitrogens with zero attached hydrogens (tertiary/aromatic N) is 2. The Kier molecular flexibility index (Phi) is 9.56. The number of methoxy groups -OCH3 is 3. The highest BCUT2D eigenvalue weighted by molar-refractivity contribution is 6.03. The van der Waals surface area contributed by atoms with Crippen LogP contribution in [0.15, 0.2) is 66.9 Å². The predicted molar refractivity (Wildman–Crippen MR) is 169 cm³/mol. The normalized spacial score (nSPS) is 11.0. The number of aromatic nitrogens is 1. The molecule has 0 radical (unpaired) electrons. The lowest BCUT2D eigenvalue weighted by molar-refractivity contribution is 0.0588. The number of halogens is 1. The van der Waals surface area contributed by atoms with E-state index in [4.69, 9.17) is 18.9 Å². The van der Waals surface area contributed by atoms with Crippen molar-refractivity contribution < 1.29 is 37.7 Å². The number of pyridine rings is 1. The van der Waals surface area contributed by atoms with Gasteiger partial charge in [0, 0.05) is 28.5 Å². The van der Waals surface area contributed by atoms with E-state index < -0.39 is 29.5 Å². The molecule has 0 fully saturated rings. The molecular formula is C35H35FN2O7. The fourth-order valence-electron chi connectivity index (χ4n) is 5.01. The maximum Gasteiger partial charge on any atom is 0.420 e. The molecule has 1 aromatic heterocycles. The number of anilines is 2. The van der Waals surface area contributed by atoms with Crippen LogP contribution in [0.25, 0.3) is 22.3 Å². The zero-order chi connectivity index (χ0) is 33.1. The second-order valence-corrected chi connectivity index (χ2v) is 11.2. The van der Waals surface area contributed by atoms with Crippen molar-refractivity contribution in [1.29, 1.82) is 0 Å². The molecule has 0 atom stereocenters. The number of hydrogen-bond donors (Lipinski definition) is 0. The molecule has 3 aromatic carbocycles. The van der Waals surface area contributed by atoms with Crippen molar-refractivity contribution in [2.45, 2.75) is 40.2 Å². The highest BCUT2D eigenvalue weighted by Gasteiger charge is 2.31. The van der Waals surface area contributed by atoms with E-state index in [1.54, 1.807) is 70.3 Å². The molecule has 9 nitrogen and oxygen atoms in total. The molecule has 234 valence electrons. The monoisotopic (exact) mass is 614 g/mol. The average Bonchev–Trinajstić information content (AvgIpc) is 3.01. The van der Waals surface area contributed by atoms with Gasteiger partial charge in [-0.2, -0.15) is 0 Å². The topological polar surface area (TPSA) is 104 Å². The average molecular weight is 615 g/mol. The zero-order valence-corrected chi connectivity index (χ0v) is 26.5. The van der Waals surface area contributed by atoms with E-state index in [-0.39, 0.29) is 44.9 Å². The first-order valence-electron chi connectivity index (χ1n) is 14.0. The van der Waals surface area contributed by atoms with Crippen LogP contribution in [-0.2, 0) is 14.2 Å². The largest absolute Gasteiger partial charge is 0.496 e. The van der Waals surface area contributed by atoms with Crippen molar-refractivity contribution in [3.8, 4) is 28.0 Å². The summed E-state index contributed by atoms with van der Waals surface area (Å²) in [6, 6.07) is 15.6. The van der Waals surface area contributed by atoms with Gasteiger partial charge in [-0.05, 0) is 70.0 Å². The van der Waals surface area contributed by atoms with Crippen molar-refractivity contribution in [2.24, 2.45) is 0 Å². The second-order valence-electron chi connectivity index (χ2n) is 11.2. The van der Waals surface area contributed by atoms with Crippen molar-refractivity contribution >= 4 is 29.5 Å².